The van der Waals surface area contributed by atoms with Gasteiger partial charge in [-0.15, -0.1) is 0 Å². The quantitative estimate of drug-likeness (QED) is 0.0500. The number of methoxy groups -OCH3 is 1. The van der Waals surface area contributed by atoms with Crippen LogP contribution in [0.1, 0.15) is 153 Å². The Labute approximate surface area is 428 Å². The molecule has 3 aliphatic carbocycles. The molecule has 0 radical (unpaired) electrons. The summed E-state index contributed by atoms with van der Waals surface area (Å²) in [6.45, 7) is 2.69. The highest BCUT2D eigenvalue weighted by molar-refractivity contribution is 5.90. The molecule has 11 nitrogen and oxygen atoms in total. The first-order valence-electron chi connectivity index (χ1n) is 26.6. The molecule has 0 saturated heterocycles. The molecule has 73 heavy (non-hydrogen) atoms. The Bertz CT molecular complexity index is 2920. The lowest BCUT2D eigenvalue weighted by Gasteiger charge is -2.48. The van der Waals surface area contributed by atoms with Crippen LogP contribution in [0.3, 0.4) is 0 Å². The summed E-state index contributed by atoms with van der Waals surface area (Å²) < 4.78 is 32.9. The number of carbonyl (C=O) groups is 2. The number of rotatable bonds is 11. The number of hydrogen-bond donors (Lipinski definition) is 3. The second-order valence-electron chi connectivity index (χ2n) is 21.9. The number of aliphatic hydroxyl groups is 3. The van der Waals surface area contributed by atoms with Crippen LogP contribution in [0.2, 0.25) is 0 Å². The molecule has 11 heteroatoms. The van der Waals surface area contributed by atoms with Gasteiger partial charge in [-0.1, -0.05) is 104 Å². The van der Waals surface area contributed by atoms with E-state index in [4.69, 9.17) is 23.4 Å². The third-order valence-electron chi connectivity index (χ3n) is 17.5. The molecule has 1 aromatic heterocycles. The third kappa shape index (κ3) is 10.1. The molecule has 8 atom stereocenters. The Balaban J connectivity index is 1.11. The number of fused-ring (bicyclic) bond motifs is 11. The van der Waals surface area contributed by atoms with Crippen molar-refractivity contribution >= 4 is 22.9 Å². The average molecular weight is 991 g/mol. The van der Waals surface area contributed by atoms with Crippen LogP contribution in [0, 0.1) is 17.3 Å². The molecule has 384 valence electrons. The second-order valence-corrected chi connectivity index (χ2v) is 21.9. The van der Waals surface area contributed by atoms with Crippen molar-refractivity contribution < 1.29 is 48.3 Å². The fourth-order valence-corrected chi connectivity index (χ4v) is 13.5. The van der Waals surface area contributed by atoms with Crippen molar-refractivity contribution in [2.24, 2.45) is 17.3 Å². The fourth-order valence-electron chi connectivity index (χ4n) is 13.5. The van der Waals surface area contributed by atoms with Gasteiger partial charge in [-0.2, -0.15) is 0 Å². The summed E-state index contributed by atoms with van der Waals surface area (Å²) in [7, 11) is 1.51. The van der Waals surface area contributed by atoms with Crippen LogP contribution in [0.5, 0.6) is 5.75 Å². The summed E-state index contributed by atoms with van der Waals surface area (Å²) in [5.74, 6) is -1.79. The maximum absolute atomic E-state index is 15.4. The van der Waals surface area contributed by atoms with E-state index in [9.17, 15) is 20.1 Å². The van der Waals surface area contributed by atoms with E-state index < -0.39 is 47.9 Å². The summed E-state index contributed by atoms with van der Waals surface area (Å²) in [6.07, 6.45) is 11.7. The van der Waals surface area contributed by atoms with Crippen LogP contribution in [0.15, 0.2) is 124 Å². The van der Waals surface area contributed by atoms with Crippen LogP contribution in [0.4, 0.5) is 0 Å². The number of aliphatic hydroxyl groups excluding tert-OH is 3. The van der Waals surface area contributed by atoms with E-state index in [-0.39, 0.29) is 84.9 Å². The first-order valence-corrected chi connectivity index (χ1v) is 26.6. The maximum Gasteiger partial charge on any atom is 0.340 e. The molecule has 2 bridgehead atoms. The molecule has 0 amide bonds. The van der Waals surface area contributed by atoms with Crippen LogP contribution >= 0.6 is 0 Å². The van der Waals surface area contributed by atoms with Crippen molar-refractivity contribution in [3.05, 3.63) is 169 Å². The first-order chi connectivity index (χ1) is 35.4. The zero-order valence-corrected chi connectivity index (χ0v) is 42.5. The number of benzene rings is 4. The zero-order chi connectivity index (χ0) is 50.9. The van der Waals surface area contributed by atoms with Gasteiger partial charge in [-0.05, 0) is 140 Å². The maximum atomic E-state index is 15.4. The molecule has 4 aromatic carbocycles. The average Bonchev–Trinajstić information content (AvgIpc) is 4.06. The molecule has 0 unspecified atom stereocenters. The molecule has 2 fully saturated rings. The minimum atomic E-state index is -1.31. The molecule has 3 N–H and O–H groups in total. The first kappa shape index (κ1) is 50.7. The largest absolute Gasteiger partial charge is 0.483 e. The van der Waals surface area contributed by atoms with E-state index in [1.807, 2.05) is 13.0 Å². The van der Waals surface area contributed by atoms with Gasteiger partial charge in [0.25, 0.3) is 0 Å². The standard InChI is InChI=1S/C62H70O11/c1-38(35-64)48-20-16-39-14-17-42(18-15-39)49-21-19-44(43-13-9-12-41(31-43)30-40-10-5-4-6-11-40)32-46(49)33-53(66)70-57-55-52(23-22-50-51(36-65)54(60(68)71-56(50)55)45(25-29-63)37-69-3)73-61(2,58(57)72-59(48)67)47-24-28-62(34-47)26-7-8-27-62/h4-6,9-15,17-19,21-23,31,44-47,49,57-58,63-65H,7-8,16,20,24-30,32-37H2,1-3H3/b48-38-/t44-,45+,46+,47-,49-,57+,58-,61-/m0/s1. The van der Waals surface area contributed by atoms with Crippen LogP contribution in [-0.2, 0) is 43.2 Å². The van der Waals surface area contributed by atoms with Crippen LogP contribution in [-0.4, -0.2) is 65.9 Å². The van der Waals surface area contributed by atoms with Crippen LogP contribution in [0.25, 0.3) is 11.0 Å². The van der Waals surface area contributed by atoms with E-state index in [1.165, 1.54) is 23.8 Å². The molecule has 5 aromatic rings. The van der Waals surface area contributed by atoms with Crippen molar-refractivity contribution in [2.75, 3.05) is 26.9 Å². The summed E-state index contributed by atoms with van der Waals surface area (Å²) in [5, 5.41) is 32.1. The van der Waals surface area contributed by atoms with Gasteiger partial charge in [0.1, 0.15) is 16.9 Å². The van der Waals surface area contributed by atoms with E-state index in [0.29, 0.717) is 40.7 Å². The van der Waals surface area contributed by atoms with Crippen molar-refractivity contribution in [1.82, 2.24) is 0 Å². The SMILES string of the molecule is COC[C@@H](CCO)c1c(CO)c2ccc3c(c2oc1=O)[C@H]1OC(=O)C[C@H]2C[C@@H](c4cccc(Cc5ccccc5)c4)C=C[C@H]2c2ccc(cc2)CC/C(=C(\C)CO)C(=O)O[C@@H]1[C@](C)([C@H]1CCC2(CCCC2)C1)O3. The number of aryl methyl sites for hydroxylation is 1. The Morgan fingerprint density at radius 3 is 2.37 bits per heavy atom. The number of hydrogen-bond acceptors (Lipinski definition) is 11. The van der Waals surface area contributed by atoms with E-state index in [2.05, 4.69) is 84.9 Å². The van der Waals surface area contributed by atoms with Gasteiger partial charge in [-0.25, -0.2) is 9.59 Å². The number of esters is 2. The summed E-state index contributed by atoms with van der Waals surface area (Å²) in [6, 6.07) is 31.1. The number of ether oxygens (including phenoxy) is 4. The van der Waals surface area contributed by atoms with Gasteiger partial charge in [0.05, 0.1) is 25.4 Å². The molecule has 1 spiro atoms. The molecule has 11 rings (SSSR count). The Hall–Kier alpha value is -5.85. The van der Waals surface area contributed by atoms with Gasteiger partial charge in [-0.3, -0.25) is 4.79 Å². The van der Waals surface area contributed by atoms with E-state index in [1.54, 1.807) is 19.1 Å². The Morgan fingerprint density at radius 1 is 0.849 bits per heavy atom. The molecular formula is C62H70O11. The van der Waals surface area contributed by atoms with Crippen molar-refractivity contribution in [3.8, 4) is 5.75 Å². The fraction of sp³-hybridized carbons (Fsp3) is 0.468. The predicted molar refractivity (Wildman–Crippen MR) is 278 cm³/mol. The van der Waals surface area contributed by atoms with Gasteiger partial charge >= 0.3 is 17.6 Å². The summed E-state index contributed by atoms with van der Waals surface area (Å²) in [5.41, 5.74) is 5.48. The molecule has 6 aliphatic rings. The topological polar surface area (TPSA) is 162 Å². The number of carbonyl (C=O) groups excluding carboxylic acids is 2. The minimum absolute atomic E-state index is 0.0257. The monoisotopic (exact) mass is 990 g/mol. The summed E-state index contributed by atoms with van der Waals surface area (Å²) in [4.78, 5) is 44.9. The van der Waals surface area contributed by atoms with Gasteiger partial charge in [0.2, 0.25) is 0 Å². The Kier molecular flexibility index (Phi) is 15.0. The van der Waals surface area contributed by atoms with Gasteiger partial charge in [0, 0.05) is 60.3 Å². The lowest BCUT2D eigenvalue weighted by molar-refractivity contribution is -0.199. The Morgan fingerprint density at radius 2 is 1.63 bits per heavy atom. The van der Waals surface area contributed by atoms with Crippen molar-refractivity contribution in [1.29, 1.82) is 0 Å². The smallest absolute Gasteiger partial charge is 0.340 e. The number of allylic oxidation sites excluding steroid dienone is 2. The molecule has 2 saturated carbocycles. The predicted octanol–water partition coefficient (Wildman–Crippen LogP) is 10.8. The lowest BCUT2D eigenvalue weighted by Crippen LogP contribution is -2.58. The third-order valence-corrected chi connectivity index (χ3v) is 17.5. The lowest BCUT2D eigenvalue weighted by atomic mass is 9.72. The van der Waals surface area contributed by atoms with E-state index in [0.717, 1.165) is 62.5 Å². The van der Waals surface area contributed by atoms with Gasteiger partial charge < -0.3 is 38.7 Å². The minimum Gasteiger partial charge on any atom is -0.483 e. The summed E-state index contributed by atoms with van der Waals surface area (Å²) >= 11 is 0. The van der Waals surface area contributed by atoms with Crippen LogP contribution < -0.4 is 10.4 Å². The normalized spacial score (nSPS) is 26.9. The van der Waals surface area contributed by atoms with E-state index >= 15 is 9.59 Å². The van der Waals surface area contributed by atoms with Crippen molar-refractivity contribution in [3.63, 3.8) is 0 Å². The second kappa shape index (κ2) is 21.5. The molecular weight excluding hydrogens is 921 g/mol. The highest BCUT2D eigenvalue weighted by Gasteiger charge is 2.60. The zero-order valence-electron chi connectivity index (χ0n) is 42.5. The van der Waals surface area contributed by atoms with Crippen molar-refractivity contribution in [2.45, 2.75) is 139 Å². The highest BCUT2D eigenvalue weighted by atomic mass is 16.6. The molecule has 4 heterocycles. The van der Waals surface area contributed by atoms with Gasteiger partial charge in [0.15, 0.2) is 12.2 Å². The molecule has 3 aliphatic heterocycles. The highest BCUT2D eigenvalue weighted by Crippen LogP contribution is 2.59.